The van der Waals surface area contributed by atoms with Crippen LogP contribution in [0, 0.1) is 11.7 Å². The van der Waals surface area contributed by atoms with E-state index in [1.165, 1.54) is 17.4 Å². The van der Waals surface area contributed by atoms with Crippen molar-refractivity contribution in [3.05, 3.63) is 69.9 Å². The Kier molecular flexibility index (Phi) is 8.38. The second-order valence-electron chi connectivity index (χ2n) is 8.37. The van der Waals surface area contributed by atoms with Gasteiger partial charge in [-0.1, -0.05) is 29.5 Å². The number of rotatable bonds is 9. The van der Waals surface area contributed by atoms with Crippen molar-refractivity contribution in [1.82, 2.24) is 20.4 Å². The minimum absolute atomic E-state index is 0.0226. The topological polar surface area (TPSA) is 96.4 Å². The van der Waals surface area contributed by atoms with Crippen molar-refractivity contribution in [1.29, 1.82) is 0 Å². The first-order valence-corrected chi connectivity index (χ1v) is 12.3. The zero-order valence-corrected chi connectivity index (χ0v) is 20.3. The fourth-order valence-corrected chi connectivity index (χ4v) is 4.76. The van der Waals surface area contributed by atoms with Crippen LogP contribution in [0.1, 0.15) is 33.2 Å². The fraction of sp³-hybridized carbons (Fsp3) is 0.360. The molecule has 1 fully saturated rings. The number of benzene rings is 2. The van der Waals surface area contributed by atoms with Gasteiger partial charge in [0.25, 0.3) is 5.91 Å². The molecular formula is C25H28FN5O3S. The van der Waals surface area contributed by atoms with Crippen LogP contribution >= 0.6 is 11.3 Å². The number of likely N-dealkylation sites (tertiary alicyclic amines) is 1. The van der Waals surface area contributed by atoms with Crippen molar-refractivity contribution in [3.63, 3.8) is 0 Å². The van der Waals surface area contributed by atoms with Crippen LogP contribution in [0.25, 0.3) is 0 Å². The third-order valence-corrected chi connectivity index (χ3v) is 6.88. The van der Waals surface area contributed by atoms with Gasteiger partial charge in [-0.2, -0.15) is 0 Å². The predicted molar refractivity (Wildman–Crippen MR) is 132 cm³/mol. The molecule has 4 rings (SSSR count). The lowest BCUT2D eigenvalue weighted by atomic mass is 9.96. The van der Waals surface area contributed by atoms with E-state index in [2.05, 4.69) is 25.7 Å². The van der Waals surface area contributed by atoms with Crippen molar-refractivity contribution < 1.29 is 18.7 Å². The lowest BCUT2D eigenvalue weighted by Crippen LogP contribution is -2.40. The Balaban J connectivity index is 1.19. The SMILES string of the molecule is COc1ccc(NC(=O)c2nnc(CN3CCC(C(=O)NCCc4ccccc4F)CC3)s2)cc1. The number of ether oxygens (including phenoxy) is 1. The van der Waals surface area contributed by atoms with E-state index in [-0.39, 0.29) is 23.5 Å². The molecule has 35 heavy (non-hydrogen) atoms. The number of nitrogens with zero attached hydrogens (tertiary/aromatic N) is 3. The van der Waals surface area contributed by atoms with Crippen molar-refractivity contribution in [2.75, 3.05) is 32.1 Å². The van der Waals surface area contributed by atoms with Gasteiger partial charge in [0.2, 0.25) is 10.9 Å². The molecule has 1 aliphatic heterocycles. The summed E-state index contributed by atoms with van der Waals surface area (Å²) < 4.78 is 18.8. The van der Waals surface area contributed by atoms with Gasteiger partial charge in [-0.25, -0.2) is 4.39 Å². The molecule has 0 atom stereocenters. The van der Waals surface area contributed by atoms with Crippen LogP contribution in [0.3, 0.4) is 0 Å². The van der Waals surface area contributed by atoms with Crippen LogP contribution < -0.4 is 15.4 Å². The summed E-state index contributed by atoms with van der Waals surface area (Å²) in [6.45, 7) is 2.54. The smallest absolute Gasteiger partial charge is 0.286 e. The van der Waals surface area contributed by atoms with Gasteiger partial charge in [0.1, 0.15) is 16.6 Å². The second kappa shape index (κ2) is 11.9. The van der Waals surface area contributed by atoms with Gasteiger partial charge >= 0.3 is 0 Å². The van der Waals surface area contributed by atoms with E-state index in [0.29, 0.717) is 41.5 Å². The van der Waals surface area contributed by atoms with E-state index in [0.717, 1.165) is 30.9 Å². The Morgan fingerprint density at radius 1 is 1.11 bits per heavy atom. The van der Waals surface area contributed by atoms with Gasteiger partial charge < -0.3 is 15.4 Å². The molecule has 2 heterocycles. The standard InChI is InChI=1S/C25H28FN5O3S/c1-34-20-8-6-19(7-9-20)28-24(33)25-30-29-22(35-25)16-31-14-11-18(12-15-31)23(32)27-13-10-17-4-2-3-5-21(17)26/h2-9,18H,10-16H2,1H3,(H,27,32)(H,28,33). The Morgan fingerprint density at radius 2 is 1.86 bits per heavy atom. The Bertz CT molecular complexity index is 1150. The Hall–Kier alpha value is -3.37. The van der Waals surface area contributed by atoms with E-state index in [1.54, 1.807) is 49.6 Å². The van der Waals surface area contributed by atoms with Gasteiger partial charge in [-0.3, -0.25) is 14.5 Å². The number of amides is 2. The van der Waals surface area contributed by atoms with Crippen LogP contribution in [0.2, 0.25) is 0 Å². The first-order valence-electron chi connectivity index (χ1n) is 11.5. The summed E-state index contributed by atoms with van der Waals surface area (Å²) in [5.41, 5.74) is 1.26. The highest BCUT2D eigenvalue weighted by Crippen LogP contribution is 2.22. The number of hydrogen-bond acceptors (Lipinski definition) is 7. The molecule has 184 valence electrons. The number of carbonyl (C=O) groups excluding carboxylic acids is 2. The van der Waals surface area contributed by atoms with E-state index in [1.807, 2.05) is 0 Å². The minimum atomic E-state index is -0.301. The van der Waals surface area contributed by atoms with Gasteiger partial charge in [-0.15, -0.1) is 10.2 Å². The number of halogens is 1. The molecule has 10 heteroatoms. The van der Waals surface area contributed by atoms with Crippen LogP contribution in [0.5, 0.6) is 5.75 Å². The average molecular weight is 498 g/mol. The maximum absolute atomic E-state index is 13.7. The van der Waals surface area contributed by atoms with Crippen molar-refractivity contribution >= 4 is 28.8 Å². The molecule has 0 bridgehead atoms. The highest BCUT2D eigenvalue weighted by molar-refractivity contribution is 7.13. The summed E-state index contributed by atoms with van der Waals surface area (Å²) in [5, 5.41) is 15.0. The third-order valence-electron chi connectivity index (χ3n) is 5.98. The summed E-state index contributed by atoms with van der Waals surface area (Å²) in [6, 6.07) is 13.7. The zero-order valence-electron chi connectivity index (χ0n) is 19.5. The lowest BCUT2D eigenvalue weighted by molar-refractivity contribution is -0.126. The predicted octanol–water partition coefficient (Wildman–Crippen LogP) is 3.51. The Morgan fingerprint density at radius 3 is 2.57 bits per heavy atom. The summed E-state index contributed by atoms with van der Waals surface area (Å²) in [6.07, 6.45) is 1.97. The largest absolute Gasteiger partial charge is 0.497 e. The maximum atomic E-state index is 13.7. The number of piperidine rings is 1. The summed E-state index contributed by atoms with van der Waals surface area (Å²) in [4.78, 5) is 27.2. The number of hydrogen-bond donors (Lipinski definition) is 2. The molecular weight excluding hydrogens is 469 g/mol. The molecule has 2 N–H and O–H groups in total. The normalized spacial score (nSPS) is 14.5. The summed E-state index contributed by atoms with van der Waals surface area (Å²) >= 11 is 1.27. The number of aromatic nitrogens is 2. The van der Waals surface area contributed by atoms with Crippen molar-refractivity contribution in [3.8, 4) is 5.75 Å². The number of nitrogens with one attached hydrogen (secondary N) is 2. The summed E-state index contributed by atoms with van der Waals surface area (Å²) in [5.74, 6) is 0.143. The van der Waals surface area contributed by atoms with Gasteiger partial charge in [0, 0.05) is 18.2 Å². The van der Waals surface area contributed by atoms with E-state index < -0.39 is 0 Å². The molecule has 3 aromatic rings. The molecule has 8 nitrogen and oxygen atoms in total. The highest BCUT2D eigenvalue weighted by Gasteiger charge is 2.25. The van der Waals surface area contributed by atoms with Gasteiger partial charge in [0.15, 0.2) is 0 Å². The first-order chi connectivity index (χ1) is 17.0. The van der Waals surface area contributed by atoms with Crippen LogP contribution in [0.15, 0.2) is 48.5 Å². The molecule has 2 amide bonds. The molecule has 0 spiro atoms. The number of methoxy groups -OCH3 is 1. The molecule has 0 radical (unpaired) electrons. The first kappa shape index (κ1) is 24.7. The fourth-order valence-electron chi connectivity index (χ4n) is 3.98. The molecule has 0 unspecified atom stereocenters. The van der Waals surface area contributed by atoms with E-state index in [4.69, 9.17) is 4.74 Å². The van der Waals surface area contributed by atoms with Crippen LogP contribution in [-0.4, -0.2) is 53.7 Å². The van der Waals surface area contributed by atoms with Crippen molar-refractivity contribution in [2.24, 2.45) is 5.92 Å². The van der Waals surface area contributed by atoms with E-state index >= 15 is 0 Å². The molecule has 2 aromatic carbocycles. The third kappa shape index (κ3) is 6.83. The molecule has 0 saturated carbocycles. The highest BCUT2D eigenvalue weighted by atomic mass is 32.1. The van der Waals surface area contributed by atoms with Crippen molar-refractivity contribution in [2.45, 2.75) is 25.8 Å². The lowest BCUT2D eigenvalue weighted by Gasteiger charge is -2.30. The molecule has 1 aliphatic rings. The van der Waals surface area contributed by atoms with E-state index in [9.17, 15) is 14.0 Å². The monoisotopic (exact) mass is 497 g/mol. The van der Waals surface area contributed by atoms with Gasteiger partial charge in [0.05, 0.1) is 13.7 Å². The average Bonchev–Trinajstić information content (AvgIpc) is 3.35. The van der Waals surface area contributed by atoms with Crippen LogP contribution in [-0.2, 0) is 17.8 Å². The van der Waals surface area contributed by atoms with Crippen LogP contribution in [0.4, 0.5) is 10.1 Å². The molecule has 0 aliphatic carbocycles. The zero-order chi connectivity index (χ0) is 24.6. The minimum Gasteiger partial charge on any atom is -0.497 e. The summed E-state index contributed by atoms with van der Waals surface area (Å²) in [7, 11) is 1.59. The quantitative estimate of drug-likeness (QED) is 0.470. The Labute approximate surface area is 207 Å². The maximum Gasteiger partial charge on any atom is 0.286 e. The number of carbonyl (C=O) groups is 2. The molecule has 1 aromatic heterocycles. The second-order valence-corrected chi connectivity index (χ2v) is 9.43. The number of anilines is 1. The molecule has 1 saturated heterocycles. The van der Waals surface area contributed by atoms with Gasteiger partial charge in [-0.05, 0) is 68.2 Å².